The smallest absolute Gasteiger partial charge is 0.141 e. The van der Waals surface area contributed by atoms with Crippen LogP contribution in [0.5, 0.6) is 46.0 Å². The van der Waals surface area contributed by atoms with Crippen LogP contribution in [0.4, 0.5) is 0 Å². The Labute approximate surface area is 444 Å². The van der Waals surface area contributed by atoms with Gasteiger partial charge in [-0.3, -0.25) is 0 Å². The monoisotopic (exact) mass is 1200 g/mol. The molecule has 2 atom stereocenters. The van der Waals surface area contributed by atoms with Gasteiger partial charge in [0.2, 0.25) is 0 Å². The van der Waals surface area contributed by atoms with Gasteiger partial charge in [-0.25, -0.2) is 0 Å². The van der Waals surface area contributed by atoms with Crippen molar-refractivity contribution in [3.8, 4) is 46.0 Å². The highest BCUT2D eigenvalue weighted by Crippen LogP contribution is 2.59. The zero-order valence-corrected chi connectivity index (χ0v) is 47.5. The molecule has 1 aliphatic carbocycles. The van der Waals surface area contributed by atoms with Crippen LogP contribution >= 0.6 is 63.7 Å². The van der Waals surface area contributed by atoms with Gasteiger partial charge < -0.3 is 38.6 Å². The molecule has 0 amide bonds. The van der Waals surface area contributed by atoms with Gasteiger partial charge in [-0.1, -0.05) is 105 Å². The first-order valence-electron chi connectivity index (χ1n) is 26.2. The first kappa shape index (κ1) is 52.5. The van der Waals surface area contributed by atoms with E-state index in [-0.39, 0.29) is 35.2 Å². The second kappa shape index (κ2) is 24.8. The summed E-state index contributed by atoms with van der Waals surface area (Å²) in [6.07, 6.45) is 17.5. The minimum atomic E-state index is -0.380. The van der Waals surface area contributed by atoms with E-state index in [2.05, 4.69) is 116 Å². The zero-order valence-electron chi connectivity index (χ0n) is 41.2. The predicted octanol–water partition coefficient (Wildman–Crippen LogP) is 17.8. The number of halogens is 4. The van der Waals surface area contributed by atoms with Gasteiger partial charge in [0, 0.05) is 87.4 Å². The average molecular weight is 1200 g/mol. The lowest BCUT2D eigenvalue weighted by Gasteiger charge is -2.34. The second-order valence-electron chi connectivity index (χ2n) is 19.5. The molecule has 8 rings (SSSR count). The van der Waals surface area contributed by atoms with Crippen LogP contribution in [0.1, 0.15) is 218 Å². The summed E-state index contributed by atoms with van der Waals surface area (Å²) < 4.78 is 44.2. The molecule has 2 N–H and O–H groups in total. The van der Waals surface area contributed by atoms with Crippen LogP contribution in [-0.4, -0.2) is 49.9 Å². The first-order chi connectivity index (χ1) is 33.6. The Kier molecular flexibility index (Phi) is 18.8. The second-order valence-corrected chi connectivity index (χ2v) is 22.7. The minimum absolute atomic E-state index is 0.132. The summed E-state index contributed by atoms with van der Waals surface area (Å²) >= 11 is 16.4. The van der Waals surface area contributed by atoms with E-state index >= 15 is 0 Å². The number of fused-ring (bicyclic) bond motifs is 2. The van der Waals surface area contributed by atoms with Gasteiger partial charge in [-0.15, -0.1) is 0 Å². The van der Waals surface area contributed by atoms with Crippen molar-refractivity contribution >= 4 is 63.7 Å². The van der Waals surface area contributed by atoms with Crippen molar-refractivity contribution in [2.45, 2.75) is 173 Å². The van der Waals surface area contributed by atoms with Crippen LogP contribution in [0.25, 0.3) is 0 Å². The largest absolute Gasteiger partial charge is 0.506 e. The highest BCUT2D eigenvalue weighted by molar-refractivity contribution is 9.11. The Bertz CT molecular complexity index is 2260. The Hall–Kier alpha value is -2.80. The van der Waals surface area contributed by atoms with Crippen LogP contribution in [0.2, 0.25) is 0 Å². The summed E-state index contributed by atoms with van der Waals surface area (Å²) in [5.74, 6) is 3.95. The van der Waals surface area contributed by atoms with Crippen molar-refractivity contribution in [2.75, 3.05) is 39.6 Å². The Morgan fingerprint density at radius 2 is 0.565 bits per heavy atom. The standard InChI is InChI=1S/C57H72Br4O8/c1-5-9-13-20-34-38-30-40-35(21-14-10-6-2)42-32-44-37(23-16-12-8-4)45-33-43-36(22-15-11-7-3)41-31-39(34)51(63)47(59)53(41)65-25-18-27-67-55(43)49(61)57(45)69-29-19-28-68-56(44)48(60)54(42)66-26-17-24-64-52(40)46(58)50(38)62/h30-37,62-63H,5-29H2,1-4H3. The Morgan fingerprint density at radius 3 is 0.812 bits per heavy atom. The van der Waals surface area contributed by atoms with Crippen LogP contribution in [-0.2, 0) is 0 Å². The number of benzene rings is 4. The van der Waals surface area contributed by atoms with Gasteiger partial charge in [0.1, 0.15) is 63.9 Å². The molecule has 0 saturated carbocycles. The van der Waals surface area contributed by atoms with Gasteiger partial charge in [0.05, 0.1) is 39.6 Å². The highest BCUT2D eigenvalue weighted by atomic mass is 79.9. The molecule has 0 aromatic heterocycles. The molecule has 0 radical (unpaired) electrons. The SMILES string of the molecule is CCCCCC1c2cc3c(c(Br)c2O)OCCCOc2c(cc4c(c2Br)OCCCOc2c(cc5c(c2Br)OCCCOc2c(cc1c(O)c2Br)C5CCCCC)C4CCCCC)C3CCCCC. The summed E-state index contributed by atoms with van der Waals surface area (Å²) in [6, 6.07) is 9.22. The third-order valence-electron chi connectivity index (χ3n) is 14.7. The molecule has 69 heavy (non-hydrogen) atoms. The molecule has 4 aromatic rings. The Balaban J connectivity index is 1.58. The lowest BCUT2D eigenvalue weighted by atomic mass is 9.76. The fourth-order valence-electron chi connectivity index (χ4n) is 11.1. The summed E-state index contributed by atoms with van der Waals surface area (Å²) in [7, 11) is 0. The third kappa shape index (κ3) is 11.1. The van der Waals surface area contributed by atoms with Gasteiger partial charge in [-0.05, 0) is 114 Å². The van der Waals surface area contributed by atoms with E-state index in [4.69, 9.17) is 28.4 Å². The van der Waals surface area contributed by atoms with Crippen LogP contribution in [0.15, 0.2) is 42.2 Å². The fraction of sp³-hybridized carbons (Fsp3) is 0.579. The van der Waals surface area contributed by atoms with Crippen molar-refractivity contribution in [2.24, 2.45) is 0 Å². The fourth-order valence-corrected chi connectivity index (χ4v) is 13.6. The summed E-state index contributed by atoms with van der Waals surface area (Å²) in [6.45, 7) is 11.7. The van der Waals surface area contributed by atoms with Gasteiger partial charge in [-0.2, -0.15) is 0 Å². The van der Waals surface area contributed by atoms with Crippen molar-refractivity contribution < 1.29 is 38.6 Å². The molecule has 0 saturated heterocycles. The van der Waals surface area contributed by atoms with E-state index in [1.165, 1.54) is 0 Å². The van der Waals surface area contributed by atoms with Gasteiger partial charge in [0.25, 0.3) is 0 Å². The van der Waals surface area contributed by atoms with Crippen LogP contribution < -0.4 is 28.4 Å². The van der Waals surface area contributed by atoms with Crippen LogP contribution in [0, 0.1) is 0 Å². The van der Waals surface area contributed by atoms with E-state index < -0.39 is 0 Å². The topological polar surface area (TPSA) is 95.8 Å². The quantitative estimate of drug-likeness (QED) is 0.107. The number of ether oxygens (including phenoxy) is 6. The summed E-state index contributed by atoms with van der Waals surface area (Å²) in [5, 5.41) is 25.4. The molecular weight excluding hydrogens is 1130 g/mol. The minimum Gasteiger partial charge on any atom is -0.506 e. The maximum absolute atomic E-state index is 12.7. The molecule has 3 heterocycles. The molecule has 0 fully saturated rings. The number of rotatable bonds is 16. The third-order valence-corrected chi connectivity index (χ3v) is 17.6. The number of phenols is 2. The normalized spacial score (nSPS) is 19.7. The van der Waals surface area contributed by atoms with E-state index in [1.807, 2.05) is 0 Å². The van der Waals surface area contributed by atoms with Gasteiger partial charge in [0.15, 0.2) is 0 Å². The molecule has 4 aliphatic rings. The number of phenolic OH excluding ortho intramolecular Hbond substituents is 2. The van der Waals surface area contributed by atoms with Crippen molar-refractivity contribution in [3.63, 3.8) is 0 Å². The van der Waals surface area contributed by atoms with Crippen molar-refractivity contribution in [3.05, 3.63) is 86.7 Å². The predicted molar refractivity (Wildman–Crippen MR) is 291 cm³/mol. The van der Waals surface area contributed by atoms with Crippen molar-refractivity contribution in [1.29, 1.82) is 0 Å². The lowest BCUT2D eigenvalue weighted by Crippen LogP contribution is -2.20. The molecular formula is C57H72Br4O8. The molecule has 8 bridgehead atoms. The number of aromatic hydroxyl groups is 2. The summed E-state index contributed by atoms with van der Waals surface area (Å²) in [5.41, 5.74) is 7.84. The van der Waals surface area contributed by atoms with Gasteiger partial charge >= 0.3 is 0 Å². The Morgan fingerprint density at radius 1 is 0.348 bits per heavy atom. The summed E-state index contributed by atoms with van der Waals surface area (Å²) in [4.78, 5) is 0. The lowest BCUT2D eigenvalue weighted by molar-refractivity contribution is 0.225. The first-order valence-corrected chi connectivity index (χ1v) is 29.4. The molecule has 8 nitrogen and oxygen atoms in total. The number of hydrogen-bond donors (Lipinski definition) is 2. The number of unbranched alkanes of at least 4 members (excludes halogenated alkanes) is 8. The van der Waals surface area contributed by atoms with Crippen molar-refractivity contribution in [1.82, 2.24) is 0 Å². The molecule has 376 valence electrons. The average Bonchev–Trinajstić information content (AvgIpc) is 3.34. The van der Waals surface area contributed by atoms with E-state index in [9.17, 15) is 10.2 Å². The molecule has 0 spiro atoms. The maximum atomic E-state index is 12.7. The van der Waals surface area contributed by atoms with E-state index in [1.54, 1.807) is 0 Å². The molecule has 2 unspecified atom stereocenters. The molecule has 4 aromatic carbocycles. The van der Waals surface area contributed by atoms with E-state index in [0.717, 1.165) is 173 Å². The zero-order chi connectivity index (χ0) is 48.6. The molecule has 3 aliphatic heterocycles. The van der Waals surface area contributed by atoms with E-state index in [0.29, 0.717) is 85.8 Å². The molecule has 12 heteroatoms. The maximum Gasteiger partial charge on any atom is 0.141 e. The van der Waals surface area contributed by atoms with Crippen LogP contribution in [0.3, 0.4) is 0 Å². The highest BCUT2D eigenvalue weighted by Gasteiger charge is 2.39. The number of hydrogen-bond acceptors (Lipinski definition) is 8.